The number of hydrogen-bond acceptors (Lipinski definition) is 2. The zero-order valence-corrected chi connectivity index (χ0v) is 16.4. The molecule has 2 aliphatic heterocycles. The van der Waals surface area contributed by atoms with Gasteiger partial charge in [-0.1, -0.05) is 19.1 Å². The molecule has 0 bridgehead atoms. The fraction of sp³-hybridized carbons (Fsp3) is 0.591. The molecule has 0 radical (unpaired) electrons. The second kappa shape index (κ2) is 7.63. The van der Waals surface area contributed by atoms with E-state index in [-0.39, 0.29) is 17.7 Å². The van der Waals surface area contributed by atoms with Crippen LogP contribution in [-0.2, 0) is 11.3 Å². The number of aromatic nitrogens is 1. The van der Waals surface area contributed by atoms with E-state index in [4.69, 9.17) is 0 Å². The summed E-state index contributed by atoms with van der Waals surface area (Å²) in [5.74, 6) is 0.571. The summed E-state index contributed by atoms with van der Waals surface area (Å²) in [5.41, 5.74) is 3.15. The van der Waals surface area contributed by atoms with Gasteiger partial charge in [0.2, 0.25) is 5.91 Å². The number of benzene rings is 1. The van der Waals surface area contributed by atoms with Crippen molar-refractivity contribution in [3.05, 3.63) is 35.3 Å². The predicted octanol–water partition coefficient (Wildman–Crippen LogP) is 3.81. The standard InChI is InChI=1S/C22H30FN3O/c1-3-11-26-20(15(2)18-7-4-8-19(23)21(18)26)17-6-5-12-25(14-17)22(27)16-9-10-24-13-16/h4,7-8,16-17,24H,3,5-6,9-14H2,1-2H3/t16-,17?/m0/s1. The zero-order valence-electron chi connectivity index (χ0n) is 16.4. The average molecular weight is 372 g/mol. The summed E-state index contributed by atoms with van der Waals surface area (Å²) >= 11 is 0. The highest BCUT2D eigenvalue weighted by Gasteiger charge is 2.33. The van der Waals surface area contributed by atoms with Crippen molar-refractivity contribution in [2.45, 2.75) is 52.0 Å². The summed E-state index contributed by atoms with van der Waals surface area (Å²) in [7, 11) is 0. The molecule has 1 amide bonds. The lowest BCUT2D eigenvalue weighted by Gasteiger charge is -2.35. The highest BCUT2D eigenvalue weighted by Crippen LogP contribution is 2.37. The molecule has 3 heterocycles. The first-order valence-electron chi connectivity index (χ1n) is 10.4. The molecule has 2 aromatic rings. The highest BCUT2D eigenvalue weighted by molar-refractivity contribution is 5.86. The Morgan fingerprint density at radius 1 is 1.33 bits per heavy atom. The van der Waals surface area contributed by atoms with Crippen molar-refractivity contribution < 1.29 is 9.18 Å². The van der Waals surface area contributed by atoms with Gasteiger partial charge in [-0.3, -0.25) is 4.79 Å². The molecule has 1 aromatic carbocycles. The first-order valence-corrected chi connectivity index (χ1v) is 10.4. The molecule has 27 heavy (non-hydrogen) atoms. The molecule has 0 aliphatic carbocycles. The number of amides is 1. The summed E-state index contributed by atoms with van der Waals surface area (Å²) < 4.78 is 16.8. The molecule has 1 aromatic heterocycles. The van der Waals surface area contributed by atoms with E-state index in [0.717, 1.165) is 69.3 Å². The largest absolute Gasteiger partial charge is 0.342 e. The molecule has 1 unspecified atom stereocenters. The molecule has 4 rings (SSSR count). The minimum Gasteiger partial charge on any atom is -0.342 e. The molecule has 1 N–H and O–H groups in total. The maximum absolute atomic E-state index is 14.6. The minimum absolute atomic E-state index is 0.129. The van der Waals surface area contributed by atoms with Gasteiger partial charge in [-0.15, -0.1) is 0 Å². The Morgan fingerprint density at radius 2 is 2.19 bits per heavy atom. The molecule has 146 valence electrons. The maximum atomic E-state index is 14.6. The van der Waals surface area contributed by atoms with Gasteiger partial charge in [0.15, 0.2) is 0 Å². The molecular weight excluding hydrogens is 341 g/mol. The number of likely N-dealkylation sites (tertiary alicyclic amines) is 1. The number of para-hydroxylation sites is 1. The van der Waals surface area contributed by atoms with Crippen LogP contribution in [0.25, 0.3) is 10.9 Å². The molecule has 2 fully saturated rings. The number of aryl methyl sites for hydroxylation is 2. The fourth-order valence-electron chi connectivity index (χ4n) is 5.06. The van der Waals surface area contributed by atoms with Gasteiger partial charge < -0.3 is 14.8 Å². The van der Waals surface area contributed by atoms with Crippen molar-refractivity contribution in [3.8, 4) is 0 Å². The van der Waals surface area contributed by atoms with E-state index in [1.807, 2.05) is 6.07 Å². The first kappa shape index (κ1) is 18.5. The Bertz CT molecular complexity index is 838. The second-order valence-electron chi connectivity index (χ2n) is 8.11. The summed E-state index contributed by atoms with van der Waals surface area (Å²) in [6.07, 6.45) is 4.00. The number of rotatable bonds is 4. The van der Waals surface area contributed by atoms with Crippen LogP contribution in [-0.4, -0.2) is 41.6 Å². The number of nitrogens with one attached hydrogen (secondary N) is 1. The lowest BCUT2D eigenvalue weighted by molar-refractivity contribution is -0.136. The Kier molecular flexibility index (Phi) is 5.22. The third-order valence-corrected chi connectivity index (χ3v) is 6.31. The Morgan fingerprint density at radius 3 is 2.93 bits per heavy atom. The van der Waals surface area contributed by atoms with E-state index >= 15 is 0 Å². The number of piperidine rings is 1. The SMILES string of the molecule is CCCn1c(C2CCCN(C(=O)[C@H]3CCNC3)C2)c(C)c2cccc(F)c21. The molecule has 2 saturated heterocycles. The molecule has 4 nitrogen and oxygen atoms in total. The molecule has 0 spiro atoms. The zero-order chi connectivity index (χ0) is 19.0. The van der Waals surface area contributed by atoms with Gasteiger partial charge in [-0.25, -0.2) is 4.39 Å². The average Bonchev–Trinajstić information content (AvgIpc) is 3.30. The number of fused-ring (bicyclic) bond motifs is 1. The predicted molar refractivity (Wildman–Crippen MR) is 106 cm³/mol. The first-order chi connectivity index (χ1) is 13.1. The monoisotopic (exact) mass is 371 g/mol. The number of carbonyl (C=O) groups is 1. The molecule has 5 heteroatoms. The van der Waals surface area contributed by atoms with Crippen molar-refractivity contribution in [1.29, 1.82) is 0 Å². The topological polar surface area (TPSA) is 37.3 Å². The normalized spacial score (nSPS) is 23.3. The van der Waals surface area contributed by atoms with Crippen LogP contribution in [0.5, 0.6) is 0 Å². The van der Waals surface area contributed by atoms with Crippen molar-refractivity contribution in [3.63, 3.8) is 0 Å². The molecule has 2 aliphatic rings. The van der Waals surface area contributed by atoms with E-state index in [1.165, 1.54) is 11.3 Å². The summed E-state index contributed by atoms with van der Waals surface area (Å²) in [6, 6.07) is 5.38. The van der Waals surface area contributed by atoms with Gasteiger partial charge in [0.25, 0.3) is 0 Å². The van der Waals surface area contributed by atoms with E-state index < -0.39 is 0 Å². The van der Waals surface area contributed by atoms with Crippen LogP contribution in [0.1, 0.15) is 49.8 Å². The van der Waals surface area contributed by atoms with E-state index in [1.54, 1.807) is 12.1 Å². The van der Waals surface area contributed by atoms with Crippen molar-refractivity contribution in [2.24, 2.45) is 5.92 Å². The minimum atomic E-state index is -0.143. The van der Waals surface area contributed by atoms with Gasteiger partial charge in [0, 0.05) is 43.2 Å². The summed E-state index contributed by atoms with van der Waals surface area (Å²) in [6.45, 7) is 8.43. The van der Waals surface area contributed by atoms with Gasteiger partial charge in [-0.2, -0.15) is 0 Å². The second-order valence-corrected chi connectivity index (χ2v) is 8.11. The lowest BCUT2D eigenvalue weighted by Crippen LogP contribution is -2.43. The summed E-state index contributed by atoms with van der Waals surface area (Å²) in [5, 5.41) is 4.32. The molecule has 0 saturated carbocycles. The lowest BCUT2D eigenvalue weighted by atomic mass is 9.91. The van der Waals surface area contributed by atoms with Gasteiger partial charge in [0.1, 0.15) is 5.82 Å². The number of halogens is 1. The van der Waals surface area contributed by atoms with Gasteiger partial charge in [0.05, 0.1) is 11.4 Å². The van der Waals surface area contributed by atoms with Crippen molar-refractivity contribution in [2.75, 3.05) is 26.2 Å². The van der Waals surface area contributed by atoms with E-state index in [9.17, 15) is 9.18 Å². The highest BCUT2D eigenvalue weighted by atomic mass is 19.1. The van der Waals surface area contributed by atoms with Gasteiger partial charge >= 0.3 is 0 Å². The Balaban J connectivity index is 1.68. The molecular formula is C22H30FN3O. The van der Waals surface area contributed by atoms with E-state index in [0.29, 0.717) is 5.91 Å². The number of hydrogen-bond donors (Lipinski definition) is 1. The fourth-order valence-corrected chi connectivity index (χ4v) is 5.06. The van der Waals surface area contributed by atoms with Crippen LogP contribution in [0, 0.1) is 18.7 Å². The summed E-state index contributed by atoms with van der Waals surface area (Å²) in [4.78, 5) is 15.0. The van der Waals surface area contributed by atoms with Crippen molar-refractivity contribution >= 4 is 16.8 Å². The molecule has 2 atom stereocenters. The van der Waals surface area contributed by atoms with Crippen LogP contribution in [0.3, 0.4) is 0 Å². The number of carbonyl (C=O) groups excluding carboxylic acids is 1. The smallest absolute Gasteiger partial charge is 0.227 e. The van der Waals surface area contributed by atoms with Crippen LogP contribution in [0.4, 0.5) is 4.39 Å². The van der Waals surface area contributed by atoms with Crippen molar-refractivity contribution in [1.82, 2.24) is 14.8 Å². The van der Waals surface area contributed by atoms with Crippen LogP contribution in [0.2, 0.25) is 0 Å². The van der Waals surface area contributed by atoms with E-state index in [2.05, 4.69) is 28.6 Å². The van der Waals surface area contributed by atoms with Crippen LogP contribution >= 0.6 is 0 Å². The Hall–Kier alpha value is -1.88. The number of nitrogens with zero attached hydrogens (tertiary/aromatic N) is 2. The van der Waals surface area contributed by atoms with Crippen LogP contribution in [0.15, 0.2) is 18.2 Å². The third kappa shape index (κ3) is 3.27. The van der Waals surface area contributed by atoms with Crippen LogP contribution < -0.4 is 5.32 Å². The van der Waals surface area contributed by atoms with Gasteiger partial charge in [-0.05, 0) is 50.8 Å². The Labute approximate surface area is 160 Å². The third-order valence-electron chi connectivity index (χ3n) is 6.31. The quantitative estimate of drug-likeness (QED) is 0.887. The maximum Gasteiger partial charge on any atom is 0.227 e.